The molecule has 0 aliphatic rings. The maximum Gasteiger partial charge on any atom is 0.297 e. The van der Waals surface area contributed by atoms with Gasteiger partial charge in [-0.3, -0.25) is 0 Å². The van der Waals surface area contributed by atoms with Crippen molar-refractivity contribution in [2.45, 2.75) is 34.2 Å². The Morgan fingerprint density at radius 2 is 2.06 bits per heavy atom. The van der Waals surface area contributed by atoms with Gasteiger partial charge in [-0.15, -0.1) is 0 Å². The van der Waals surface area contributed by atoms with Crippen LogP contribution in [0.2, 0.25) is 0 Å². The quantitative estimate of drug-likeness (QED) is 0.773. The van der Waals surface area contributed by atoms with Crippen LogP contribution in [0.15, 0.2) is 10.7 Å². The first-order valence-corrected chi connectivity index (χ1v) is 6.07. The summed E-state index contributed by atoms with van der Waals surface area (Å²) in [6.45, 7) is 12.2. The highest BCUT2D eigenvalue weighted by Gasteiger charge is 2.09. The second-order valence-corrected chi connectivity index (χ2v) is 4.32. The number of rotatable bonds is 7. The summed E-state index contributed by atoms with van der Waals surface area (Å²) in [4.78, 5) is 6.55. The molecule has 1 heterocycles. The fraction of sp³-hybridized carbons (Fsp3) is 0.750. The Hall–Kier alpha value is -1.03. The smallest absolute Gasteiger partial charge is 0.297 e. The summed E-state index contributed by atoms with van der Waals surface area (Å²) in [5.74, 6) is 0.661. The summed E-state index contributed by atoms with van der Waals surface area (Å²) >= 11 is 0. The monoisotopic (exact) mass is 225 g/mol. The number of nitrogens with one attached hydrogen (secondary N) is 1. The first kappa shape index (κ1) is 13.0. The van der Waals surface area contributed by atoms with Crippen LogP contribution in [0.5, 0.6) is 0 Å². The van der Waals surface area contributed by atoms with Gasteiger partial charge in [-0.05, 0) is 26.3 Å². The summed E-state index contributed by atoms with van der Waals surface area (Å²) < 4.78 is 5.44. The highest BCUT2D eigenvalue weighted by atomic mass is 16.4. The Balaban J connectivity index is 2.44. The van der Waals surface area contributed by atoms with Crippen LogP contribution in [0.25, 0.3) is 0 Å². The normalized spacial score (nSPS) is 11.1. The molecule has 0 spiro atoms. The van der Waals surface area contributed by atoms with E-state index in [0.29, 0.717) is 5.92 Å². The molecule has 1 aromatic heterocycles. The topological polar surface area (TPSA) is 41.3 Å². The van der Waals surface area contributed by atoms with E-state index >= 15 is 0 Å². The van der Waals surface area contributed by atoms with Crippen LogP contribution in [0, 0.1) is 5.92 Å². The fourth-order valence-electron chi connectivity index (χ4n) is 1.51. The van der Waals surface area contributed by atoms with Gasteiger partial charge in [-0.25, -0.2) is 0 Å². The third-order valence-electron chi connectivity index (χ3n) is 2.43. The highest BCUT2D eigenvalue weighted by molar-refractivity contribution is 5.26. The van der Waals surface area contributed by atoms with Crippen molar-refractivity contribution in [3.05, 3.63) is 12.0 Å². The van der Waals surface area contributed by atoms with Gasteiger partial charge in [0.2, 0.25) is 0 Å². The molecule has 4 nitrogen and oxygen atoms in total. The molecule has 0 unspecified atom stereocenters. The minimum atomic E-state index is 0.661. The largest absolute Gasteiger partial charge is 0.432 e. The van der Waals surface area contributed by atoms with Gasteiger partial charge in [0, 0.05) is 19.6 Å². The predicted molar refractivity (Wildman–Crippen MR) is 66.6 cm³/mol. The molecular weight excluding hydrogens is 202 g/mol. The zero-order valence-electron chi connectivity index (χ0n) is 10.8. The lowest BCUT2D eigenvalue weighted by Gasteiger charge is -2.14. The minimum absolute atomic E-state index is 0.661. The van der Waals surface area contributed by atoms with Crippen molar-refractivity contribution in [2.75, 3.05) is 24.5 Å². The molecule has 92 valence electrons. The Morgan fingerprint density at radius 1 is 1.38 bits per heavy atom. The summed E-state index contributed by atoms with van der Waals surface area (Å²) in [6, 6.07) is 0.728. The van der Waals surface area contributed by atoms with Crippen molar-refractivity contribution in [1.82, 2.24) is 10.3 Å². The van der Waals surface area contributed by atoms with E-state index in [1.165, 1.54) is 0 Å². The zero-order chi connectivity index (χ0) is 12.0. The third-order valence-corrected chi connectivity index (χ3v) is 2.43. The second kappa shape index (κ2) is 6.53. The Labute approximate surface area is 98.0 Å². The van der Waals surface area contributed by atoms with Gasteiger partial charge in [0.25, 0.3) is 6.01 Å². The highest BCUT2D eigenvalue weighted by Crippen LogP contribution is 2.12. The van der Waals surface area contributed by atoms with Crippen LogP contribution < -0.4 is 10.2 Å². The molecule has 0 fully saturated rings. The Morgan fingerprint density at radius 3 is 2.62 bits per heavy atom. The van der Waals surface area contributed by atoms with E-state index in [1.54, 1.807) is 6.26 Å². The molecule has 4 heteroatoms. The van der Waals surface area contributed by atoms with E-state index in [-0.39, 0.29) is 0 Å². The van der Waals surface area contributed by atoms with Crippen molar-refractivity contribution in [2.24, 2.45) is 5.92 Å². The van der Waals surface area contributed by atoms with Gasteiger partial charge >= 0.3 is 0 Å². The molecule has 0 aliphatic carbocycles. The van der Waals surface area contributed by atoms with Gasteiger partial charge < -0.3 is 14.6 Å². The van der Waals surface area contributed by atoms with Gasteiger partial charge in [0.15, 0.2) is 0 Å². The molecule has 0 amide bonds. The lowest BCUT2D eigenvalue weighted by Crippen LogP contribution is -2.22. The molecule has 1 rings (SSSR count). The lowest BCUT2D eigenvalue weighted by molar-refractivity contribution is 0.532. The van der Waals surface area contributed by atoms with Crippen LogP contribution in [-0.2, 0) is 6.54 Å². The van der Waals surface area contributed by atoms with E-state index in [0.717, 1.165) is 37.9 Å². The number of anilines is 1. The van der Waals surface area contributed by atoms with Gasteiger partial charge in [0.1, 0.15) is 6.26 Å². The van der Waals surface area contributed by atoms with Crippen molar-refractivity contribution in [3.63, 3.8) is 0 Å². The summed E-state index contributed by atoms with van der Waals surface area (Å²) in [5.41, 5.74) is 0.975. The number of hydrogen-bond donors (Lipinski definition) is 1. The Kier molecular flexibility index (Phi) is 5.32. The fourth-order valence-corrected chi connectivity index (χ4v) is 1.51. The average molecular weight is 225 g/mol. The Bertz CT molecular complexity index is 292. The van der Waals surface area contributed by atoms with Gasteiger partial charge in [0.05, 0.1) is 5.69 Å². The van der Waals surface area contributed by atoms with Gasteiger partial charge in [-0.1, -0.05) is 13.8 Å². The maximum absolute atomic E-state index is 5.44. The number of oxazole rings is 1. The van der Waals surface area contributed by atoms with Gasteiger partial charge in [-0.2, -0.15) is 4.98 Å². The van der Waals surface area contributed by atoms with Crippen molar-refractivity contribution in [3.8, 4) is 0 Å². The zero-order valence-corrected chi connectivity index (χ0v) is 10.8. The number of nitrogens with zero attached hydrogens (tertiary/aromatic N) is 2. The van der Waals surface area contributed by atoms with Crippen LogP contribution >= 0.6 is 0 Å². The van der Waals surface area contributed by atoms with E-state index in [1.807, 2.05) is 0 Å². The molecule has 1 N–H and O–H groups in total. The molecule has 16 heavy (non-hydrogen) atoms. The van der Waals surface area contributed by atoms with Crippen molar-refractivity contribution in [1.29, 1.82) is 0 Å². The van der Waals surface area contributed by atoms with Crippen LogP contribution in [0.4, 0.5) is 6.01 Å². The number of hydrogen-bond acceptors (Lipinski definition) is 4. The van der Waals surface area contributed by atoms with E-state index < -0.39 is 0 Å². The second-order valence-electron chi connectivity index (χ2n) is 4.32. The molecule has 0 aliphatic heterocycles. The summed E-state index contributed by atoms with van der Waals surface area (Å²) in [6.07, 6.45) is 1.74. The third kappa shape index (κ3) is 3.85. The summed E-state index contributed by atoms with van der Waals surface area (Å²) in [5, 5.41) is 3.35. The number of aromatic nitrogens is 1. The van der Waals surface area contributed by atoms with Crippen LogP contribution in [-0.4, -0.2) is 24.6 Å². The predicted octanol–water partition coefficient (Wildman–Crippen LogP) is 2.27. The standard InChI is InChI=1S/C12H23N3O/c1-5-15(6-2)12-14-11(9-16-12)8-13-7-10(3)4/h9-10,13H,5-8H2,1-4H3. The van der Waals surface area contributed by atoms with Crippen LogP contribution in [0.1, 0.15) is 33.4 Å². The maximum atomic E-state index is 5.44. The van der Waals surface area contributed by atoms with Crippen molar-refractivity contribution < 1.29 is 4.42 Å². The molecule has 0 radical (unpaired) electrons. The molecule has 0 bridgehead atoms. The first-order chi connectivity index (χ1) is 7.67. The minimum Gasteiger partial charge on any atom is -0.432 e. The molecule has 1 aromatic rings. The summed E-state index contributed by atoms with van der Waals surface area (Å²) in [7, 11) is 0. The average Bonchev–Trinajstić information content (AvgIpc) is 2.68. The molecule has 0 saturated heterocycles. The van der Waals surface area contributed by atoms with Crippen molar-refractivity contribution >= 4 is 6.01 Å². The SMILES string of the molecule is CCN(CC)c1nc(CNCC(C)C)co1. The lowest BCUT2D eigenvalue weighted by atomic mass is 10.2. The molecule has 0 saturated carbocycles. The van der Waals surface area contributed by atoms with Crippen LogP contribution in [0.3, 0.4) is 0 Å². The van der Waals surface area contributed by atoms with E-state index in [4.69, 9.17) is 4.42 Å². The van der Waals surface area contributed by atoms with E-state index in [9.17, 15) is 0 Å². The first-order valence-electron chi connectivity index (χ1n) is 6.07. The van der Waals surface area contributed by atoms with E-state index in [2.05, 4.69) is 42.9 Å². The molecule has 0 aromatic carbocycles. The molecule has 0 atom stereocenters. The molecular formula is C12H23N3O.